The van der Waals surface area contributed by atoms with Gasteiger partial charge in [0.05, 0.1) is 5.54 Å². The summed E-state index contributed by atoms with van der Waals surface area (Å²) in [4.78, 5) is 7.88. The standard InChI is InChI=1S/C54H48BN3/c1-35-31-48-50-49(32-35)58-51-43(53(4)29-14-15-30-54(53,58)5)23-16-24-46(51)55(50)45-28-26-39(56(36-17-8-6-9-18-36)37-19-10-7-11-20-37)34-47(45)57(48)38-25-27-41-40-21-12-13-22-42(40)52(2,3)44(41)33-38/h6-13,16-28,31-34H,14-15,29-30H2,1-5H3. The van der Waals surface area contributed by atoms with Crippen molar-refractivity contribution in [1.29, 1.82) is 0 Å². The van der Waals surface area contributed by atoms with Crippen molar-refractivity contribution in [3.8, 4) is 11.1 Å². The van der Waals surface area contributed by atoms with Crippen LogP contribution in [0.15, 0.2) is 152 Å². The fourth-order valence-corrected chi connectivity index (χ4v) is 12.3. The van der Waals surface area contributed by atoms with E-state index in [1.54, 1.807) is 5.56 Å². The molecule has 7 aromatic rings. The zero-order valence-corrected chi connectivity index (χ0v) is 34.2. The molecule has 0 saturated heterocycles. The number of aryl methyl sites for hydroxylation is 1. The first-order valence-electron chi connectivity index (χ1n) is 21.4. The monoisotopic (exact) mass is 749 g/mol. The average molecular weight is 750 g/mol. The van der Waals surface area contributed by atoms with Crippen LogP contribution in [-0.4, -0.2) is 12.3 Å². The molecule has 0 N–H and O–H groups in total. The molecule has 3 aliphatic heterocycles. The maximum Gasteiger partial charge on any atom is 0.252 e. The molecule has 282 valence electrons. The third-order valence-corrected chi connectivity index (χ3v) is 15.2. The lowest BCUT2D eigenvalue weighted by molar-refractivity contribution is 0.195. The summed E-state index contributed by atoms with van der Waals surface area (Å²) in [5, 5.41) is 0. The van der Waals surface area contributed by atoms with Gasteiger partial charge >= 0.3 is 0 Å². The maximum absolute atomic E-state index is 2.84. The van der Waals surface area contributed by atoms with Crippen LogP contribution in [0.2, 0.25) is 0 Å². The highest BCUT2D eigenvalue weighted by Gasteiger charge is 2.61. The fourth-order valence-electron chi connectivity index (χ4n) is 12.3. The Kier molecular flexibility index (Phi) is 6.93. The summed E-state index contributed by atoms with van der Waals surface area (Å²) in [6, 6.07) is 57.5. The van der Waals surface area contributed by atoms with Gasteiger partial charge in [-0.25, -0.2) is 0 Å². The topological polar surface area (TPSA) is 9.72 Å². The minimum Gasteiger partial charge on any atom is -0.335 e. The molecule has 1 saturated carbocycles. The van der Waals surface area contributed by atoms with Crippen LogP contribution in [0.3, 0.4) is 0 Å². The Hall–Kier alpha value is -6.00. The first kappa shape index (κ1) is 34.1. The molecule has 0 radical (unpaired) electrons. The van der Waals surface area contributed by atoms with Crippen LogP contribution in [0, 0.1) is 6.92 Å². The Morgan fingerprint density at radius 3 is 1.98 bits per heavy atom. The van der Waals surface area contributed by atoms with Gasteiger partial charge < -0.3 is 14.7 Å². The molecule has 0 spiro atoms. The molecule has 2 unspecified atom stereocenters. The Balaban J connectivity index is 1.15. The Bertz CT molecular complexity index is 2810. The maximum atomic E-state index is 2.84. The minimum atomic E-state index is -0.112. The molecule has 1 fully saturated rings. The van der Waals surface area contributed by atoms with E-state index in [9.17, 15) is 0 Å². The smallest absolute Gasteiger partial charge is 0.252 e. The van der Waals surface area contributed by atoms with Crippen LogP contribution < -0.4 is 31.1 Å². The van der Waals surface area contributed by atoms with Gasteiger partial charge in [0.2, 0.25) is 0 Å². The van der Waals surface area contributed by atoms with Crippen LogP contribution >= 0.6 is 0 Å². The Morgan fingerprint density at radius 2 is 1.21 bits per heavy atom. The molecule has 0 aromatic heterocycles. The van der Waals surface area contributed by atoms with E-state index in [0.717, 1.165) is 17.1 Å². The van der Waals surface area contributed by atoms with Crippen LogP contribution in [-0.2, 0) is 10.8 Å². The first-order valence-corrected chi connectivity index (χ1v) is 21.4. The van der Waals surface area contributed by atoms with E-state index < -0.39 is 0 Å². The molecule has 0 bridgehead atoms. The number of fused-ring (bicyclic) bond motifs is 10. The van der Waals surface area contributed by atoms with E-state index >= 15 is 0 Å². The molecule has 2 aliphatic carbocycles. The summed E-state index contributed by atoms with van der Waals surface area (Å²) in [7, 11) is 0. The van der Waals surface area contributed by atoms with Gasteiger partial charge in [-0.2, -0.15) is 0 Å². The summed E-state index contributed by atoms with van der Waals surface area (Å²) in [6.07, 6.45) is 4.98. The van der Waals surface area contributed by atoms with Crippen LogP contribution in [0.5, 0.6) is 0 Å². The minimum absolute atomic E-state index is 0.000420. The lowest BCUT2D eigenvalue weighted by Crippen LogP contribution is -2.64. The largest absolute Gasteiger partial charge is 0.335 e. The zero-order chi connectivity index (χ0) is 39.1. The van der Waals surface area contributed by atoms with Crippen LogP contribution in [0.1, 0.15) is 75.6 Å². The average Bonchev–Trinajstić information content (AvgIpc) is 3.60. The van der Waals surface area contributed by atoms with Crippen molar-refractivity contribution in [2.75, 3.05) is 14.7 Å². The summed E-state index contributed by atoms with van der Waals surface area (Å²) in [5.74, 6) is 0. The second-order valence-electron chi connectivity index (χ2n) is 18.5. The SMILES string of the molecule is Cc1cc2c3c(c1)N1c4c(cccc4C4(C)CCCCC14C)B3c1ccc(N(c3ccccc3)c3ccccc3)cc1N2c1ccc2c(c1)C(C)(C)c1ccccc1-2. The number of nitrogens with zero attached hydrogens (tertiary/aromatic N) is 3. The van der Waals surface area contributed by atoms with Gasteiger partial charge in [-0.1, -0.05) is 125 Å². The van der Waals surface area contributed by atoms with E-state index in [2.05, 4.69) is 201 Å². The quantitative estimate of drug-likeness (QED) is 0.166. The number of anilines is 8. The molecule has 12 rings (SSSR count). The van der Waals surface area contributed by atoms with Gasteiger partial charge in [-0.3, -0.25) is 0 Å². The first-order chi connectivity index (χ1) is 28.2. The fraction of sp³-hybridized carbons (Fsp3) is 0.222. The van der Waals surface area contributed by atoms with Crippen LogP contribution in [0.4, 0.5) is 45.5 Å². The van der Waals surface area contributed by atoms with Gasteiger partial charge in [0.15, 0.2) is 0 Å². The van der Waals surface area contributed by atoms with Crippen molar-refractivity contribution in [2.45, 2.75) is 76.7 Å². The summed E-state index contributed by atoms with van der Waals surface area (Å²) in [6.45, 7) is 12.4. The Labute approximate surface area is 343 Å². The molecule has 3 heterocycles. The number of para-hydroxylation sites is 3. The second-order valence-corrected chi connectivity index (χ2v) is 18.5. The van der Waals surface area contributed by atoms with Crippen molar-refractivity contribution in [3.63, 3.8) is 0 Å². The molecule has 3 nitrogen and oxygen atoms in total. The van der Waals surface area contributed by atoms with E-state index in [1.807, 2.05) is 0 Å². The van der Waals surface area contributed by atoms with E-state index in [4.69, 9.17) is 0 Å². The highest BCUT2D eigenvalue weighted by molar-refractivity contribution is 7.00. The van der Waals surface area contributed by atoms with Crippen molar-refractivity contribution >= 4 is 68.6 Å². The molecular weight excluding hydrogens is 701 g/mol. The third-order valence-electron chi connectivity index (χ3n) is 15.2. The predicted molar refractivity (Wildman–Crippen MR) is 246 cm³/mol. The molecule has 0 amide bonds. The van der Waals surface area contributed by atoms with Crippen molar-refractivity contribution in [2.24, 2.45) is 0 Å². The van der Waals surface area contributed by atoms with E-state index in [0.29, 0.717) is 0 Å². The summed E-state index contributed by atoms with van der Waals surface area (Å²) in [5.41, 5.74) is 22.6. The summed E-state index contributed by atoms with van der Waals surface area (Å²) < 4.78 is 0. The zero-order valence-electron chi connectivity index (χ0n) is 34.2. The molecular formula is C54H48BN3. The van der Waals surface area contributed by atoms with Gasteiger partial charge in [0.1, 0.15) is 0 Å². The van der Waals surface area contributed by atoms with Crippen molar-refractivity contribution < 1.29 is 0 Å². The number of hydrogen-bond donors (Lipinski definition) is 0. The number of rotatable bonds is 4. The molecule has 4 heteroatoms. The molecule has 5 aliphatic rings. The van der Waals surface area contributed by atoms with Crippen molar-refractivity contribution in [1.82, 2.24) is 0 Å². The van der Waals surface area contributed by atoms with Gasteiger partial charge in [0.25, 0.3) is 6.71 Å². The lowest BCUT2D eigenvalue weighted by atomic mass is 9.33. The number of benzene rings is 7. The van der Waals surface area contributed by atoms with Gasteiger partial charge in [-0.05, 0) is 137 Å². The van der Waals surface area contributed by atoms with E-state index in [1.165, 1.54) is 98.3 Å². The third kappa shape index (κ3) is 4.31. The normalized spacial score (nSPS) is 21.1. The van der Waals surface area contributed by atoms with Crippen LogP contribution in [0.25, 0.3) is 11.1 Å². The number of hydrogen-bond acceptors (Lipinski definition) is 3. The van der Waals surface area contributed by atoms with Crippen molar-refractivity contribution in [3.05, 3.63) is 174 Å². The highest BCUT2D eigenvalue weighted by Crippen LogP contribution is 2.62. The Morgan fingerprint density at radius 1 is 0.534 bits per heavy atom. The van der Waals surface area contributed by atoms with Gasteiger partial charge in [-0.15, -0.1) is 0 Å². The highest BCUT2D eigenvalue weighted by atomic mass is 15.3. The molecule has 58 heavy (non-hydrogen) atoms. The molecule has 2 atom stereocenters. The predicted octanol–water partition coefficient (Wildman–Crippen LogP) is 12.1. The second kappa shape index (κ2) is 11.8. The van der Waals surface area contributed by atoms with E-state index in [-0.39, 0.29) is 23.1 Å². The molecule has 7 aromatic carbocycles. The lowest BCUT2D eigenvalue weighted by Gasteiger charge is -2.53. The van der Waals surface area contributed by atoms with Gasteiger partial charge in [0, 0.05) is 56.3 Å². The summed E-state index contributed by atoms with van der Waals surface area (Å²) >= 11 is 0.